The Morgan fingerprint density at radius 3 is 2.40 bits per heavy atom. The van der Waals surface area contributed by atoms with Crippen molar-refractivity contribution in [3.63, 3.8) is 0 Å². The average Bonchev–Trinajstić information content (AvgIpc) is 3.31. The van der Waals surface area contributed by atoms with Gasteiger partial charge in [0, 0.05) is 37.9 Å². The number of nitrogens with one attached hydrogen (secondary N) is 1. The molecule has 216 valence electrons. The molecule has 9 nitrogen and oxygen atoms in total. The van der Waals surface area contributed by atoms with Gasteiger partial charge in [0.15, 0.2) is 0 Å². The van der Waals surface area contributed by atoms with Crippen LogP contribution in [0.15, 0.2) is 53.6 Å². The molecule has 2 aromatic rings. The number of carbonyl (C=O) groups is 2. The quantitative estimate of drug-likeness (QED) is 0.580. The van der Waals surface area contributed by atoms with E-state index in [0.717, 1.165) is 25.3 Å². The molecule has 1 unspecified atom stereocenters. The smallest absolute Gasteiger partial charge is 0.352 e. The molecule has 2 atom stereocenters. The standard InChI is InChI=1S/C27H32F3N5O4S/c1-19-17-33(23-22(27(28,29)30)13-8-14-31-23)15-16-34(19)24(36)26(40(38,39)21-11-6-3-7-12-21)18-32-25(37)35(26)20-9-4-2-5-10-20/h3,6-8,11-14,19-20H,2,4-5,9-10,15-18H2,1H3,(H,32,37)/t19-,26?/m1/s1. The Kier molecular flexibility index (Phi) is 7.45. The van der Waals surface area contributed by atoms with Gasteiger partial charge in [-0.1, -0.05) is 37.5 Å². The number of benzene rings is 1. The zero-order chi connectivity index (χ0) is 28.7. The van der Waals surface area contributed by atoms with E-state index in [4.69, 9.17) is 0 Å². The Morgan fingerprint density at radius 2 is 1.75 bits per heavy atom. The number of carbonyl (C=O) groups excluding carboxylic acids is 2. The third kappa shape index (κ3) is 4.67. The fourth-order valence-electron chi connectivity index (χ4n) is 6.19. The third-order valence-corrected chi connectivity index (χ3v) is 10.4. The highest BCUT2D eigenvalue weighted by Gasteiger charge is 2.64. The Bertz CT molecular complexity index is 1370. The molecule has 0 bridgehead atoms. The number of hydrogen-bond donors (Lipinski definition) is 1. The molecule has 2 aliphatic heterocycles. The van der Waals surface area contributed by atoms with Gasteiger partial charge >= 0.3 is 12.2 Å². The topological polar surface area (TPSA) is 103 Å². The van der Waals surface area contributed by atoms with Crippen LogP contribution >= 0.6 is 0 Å². The van der Waals surface area contributed by atoms with Gasteiger partial charge < -0.3 is 15.1 Å². The summed E-state index contributed by atoms with van der Waals surface area (Å²) in [6, 6.07) is 8.10. The number of nitrogens with zero attached hydrogens (tertiary/aromatic N) is 4. The van der Waals surface area contributed by atoms with Crippen molar-refractivity contribution in [2.24, 2.45) is 0 Å². The second-order valence-corrected chi connectivity index (χ2v) is 12.7. The largest absolute Gasteiger partial charge is 0.419 e. The van der Waals surface area contributed by atoms with E-state index in [1.54, 1.807) is 25.1 Å². The van der Waals surface area contributed by atoms with Gasteiger partial charge in [0.2, 0.25) is 14.7 Å². The molecule has 3 amide bonds. The minimum atomic E-state index is -4.61. The van der Waals surface area contributed by atoms with Crippen LogP contribution in [0.2, 0.25) is 0 Å². The van der Waals surface area contributed by atoms with Gasteiger partial charge in [0.1, 0.15) is 5.82 Å². The van der Waals surface area contributed by atoms with E-state index in [1.807, 2.05) is 0 Å². The molecule has 13 heteroatoms. The lowest BCUT2D eigenvalue weighted by Crippen LogP contribution is -2.69. The molecule has 0 spiro atoms. The van der Waals surface area contributed by atoms with Crippen LogP contribution in [0.1, 0.15) is 44.6 Å². The van der Waals surface area contributed by atoms with E-state index in [0.29, 0.717) is 12.8 Å². The predicted octanol–water partition coefficient (Wildman–Crippen LogP) is 3.67. The molecule has 3 heterocycles. The number of sulfone groups is 1. The van der Waals surface area contributed by atoms with Gasteiger partial charge in [-0.2, -0.15) is 13.2 Å². The minimum Gasteiger partial charge on any atom is -0.352 e. The maximum Gasteiger partial charge on any atom is 0.419 e. The molecule has 1 aromatic heterocycles. The summed E-state index contributed by atoms with van der Waals surface area (Å²) < 4.78 is 69.7. The fraction of sp³-hybridized carbons (Fsp3) is 0.519. The lowest BCUT2D eigenvalue weighted by Gasteiger charge is -2.47. The highest BCUT2D eigenvalue weighted by Crippen LogP contribution is 2.41. The lowest BCUT2D eigenvalue weighted by molar-refractivity contribution is -0.141. The van der Waals surface area contributed by atoms with Crippen molar-refractivity contribution in [1.82, 2.24) is 20.1 Å². The van der Waals surface area contributed by atoms with E-state index < -0.39 is 57.0 Å². The highest BCUT2D eigenvalue weighted by atomic mass is 32.2. The Hall–Kier alpha value is -3.35. The van der Waals surface area contributed by atoms with Gasteiger partial charge in [0.05, 0.1) is 17.0 Å². The zero-order valence-electron chi connectivity index (χ0n) is 22.1. The van der Waals surface area contributed by atoms with Crippen LogP contribution in [0.4, 0.5) is 23.8 Å². The summed E-state index contributed by atoms with van der Waals surface area (Å²) in [6.45, 7) is 1.25. The minimum absolute atomic E-state index is 0.0120. The number of anilines is 1. The number of urea groups is 1. The monoisotopic (exact) mass is 579 g/mol. The summed E-state index contributed by atoms with van der Waals surface area (Å²) in [5.74, 6) is -0.980. The van der Waals surface area contributed by atoms with E-state index in [1.165, 1.54) is 39.1 Å². The molecule has 3 aliphatic rings. The van der Waals surface area contributed by atoms with Crippen LogP contribution in [-0.4, -0.2) is 78.3 Å². The van der Waals surface area contributed by atoms with Crippen molar-refractivity contribution in [3.05, 3.63) is 54.2 Å². The SMILES string of the molecule is C[C@@H]1CN(c2ncccc2C(F)(F)F)CCN1C(=O)C1(S(=O)(=O)c2ccccc2)CNC(=O)N1C1CCCCC1. The Balaban J connectivity index is 1.52. The molecule has 1 aliphatic carbocycles. The van der Waals surface area contributed by atoms with Gasteiger partial charge in [-0.05, 0) is 44.0 Å². The van der Waals surface area contributed by atoms with Crippen molar-refractivity contribution in [1.29, 1.82) is 0 Å². The fourth-order valence-corrected chi connectivity index (χ4v) is 8.19. The third-order valence-electron chi connectivity index (χ3n) is 8.14. The second kappa shape index (κ2) is 10.6. The highest BCUT2D eigenvalue weighted by molar-refractivity contribution is 7.93. The van der Waals surface area contributed by atoms with E-state index in [9.17, 15) is 31.2 Å². The van der Waals surface area contributed by atoms with Crippen molar-refractivity contribution in [2.45, 2.75) is 67.1 Å². The first-order chi connectivity index (χ1) is 19.0. The van der Waals surface area contributed by atoms with Crippen LogP contribution in [0.5, 0.6) is 0 Å². The average molecular weight is 580 g/mol. The Labute approximate surface area is 231 Å². The lowest BCUT2D eigenvalue weighted by atomic mass is 9.93. The van der Waals surface area contributed by atoms with E-state index in [-0.39, 0.29) is 30.3 Å². The van der Waals surface area contributed by atoms with Crippen molar-refractivity contribution >= 4 is 27.6 Å². The van der Waals surface area contributed by atoms with Gasteiger partial charge in [-0.25, -0.2) is 18.2 Å². The first-order valence-electron chi connectivity index (χ1n) is 13.4. The Morgan fingerprint density at radius 1 is 1.05 bits per heavy atom. The number of halogens is 3. The van der Waals surface area contributed by atoms with Gasteiger partial charge in [0.25, 0.3) is 5.91 Å². The molecule has 1 saturated carbocycles. The number of rotatable bonds is 5. The molecular weight excluding hydrogens is 547 g/mol. The number of hydrogen-bond acceptors (Lipinski definition) is 6. The van der Waals surface area contributed by atoms with Crippen molar-refractivity contribution in [2.75, 3.05) is 31.1 Å². The normalized spacial score (nSPS) is 24.8. The summed E-state index contributed by atoms with van der Waals surface area (Å²) >= 11 is 0. The molecule has 1 N–H and O–H groups in total. The molecule has 0 radical (unpaired) electrons. The predicted molar refractivity (Wildman–Crippen MR) is 141 cm³/mol. The maximum atomic E-state index is 14.5. The first-order valence-corrected chi connectivity index (χ1v) is 14.9. The van der Waals surface area contributed by atoms with Crippen LogP contribution in [0.25, 0.3) is 0 Å². The summed E-state index contributed by atoms with van der Waals surface area (Å²) in [5, 5.41) is 2.64. The number of piperazine rings is 1. The second-order valence-electron chi connectivity index (χ2n) is 10.6. The van der Waals surface area contributed by atoms with Crippen LogP contribution in [0, 0.1) is 0 Å². The summed E-state index contributed by atoms with van der Waals surface area (Å²) in [5.41, 5.74) is -0.876. The van der Waals surface area contributed by atoms with Gasteiger partial charge in [-0.15, -0.1) is 0 Å². The zero-order valence-corrected chi connectivity index (χ0v) is 22.9. The first kappa shape index (κ1) is 28.2. The number of pyridine rings is 1. The number of aromatic nitrogens is 1. The molecule has 40 heavy (non-hydrogen) atoms. The molecule has 3 fully saturated rings. The van der Waals surface area contributed by atoms with Crippen LogP contribution in [0.3, 0.4) is 0 Å². The van der Waals surface area contributed by atoms with Gasteiger partial charge in [-0.3, -0.25) is 9.69 Å². The summed E-state index contributed by atoms with van der Waals surface area (Å²) in [6.07, 6.45) is 0.419. The molecule has 5 rings (SSSR count). The molecular formula is C27H32F3N5O4S. The van der Waals surface area contributed by atoms with E-state index in [2.05, 4.69) is 10.3 Å². The van der Waals surface area contributed by atoms with Crippen molar-refractivity contribution in [3.8, 4) is 0 Å². The van der Waals surface area contributed by atoms with E-state index >= 15 is 0 Å². The molecule has 1 aromatic carbocycles. The summed E-state index contributed by atoms with van der Waals surface area (Å²) in [7, 11) is -4.42. The maximum absolute atomic E-state index is 14.5. The number of alkyl halides is 3. The summed E-state index contributed by atoms with van der Waals surface area (Å²) in [4.78, 5) is 33.6. The van der Waals surface area contributed by atoms with Crippen molar-refractivity contribution < 1.29 is 31.2 Å². The molecule has 2 saturated heterocycles. The number of amides is 3. The van der Waals surface area contributed by atoms with Crippen LogP contribution in [-0.2, 0) is 20.8 Å². The van der Waals surface area contributed by atoms with Crippen LogP contribution < -0.4 is 10.2 Å².